The second-order valence-corrected chi connectivity index (χ2v) is 3.17. The van der Waals surface area contributed by atoms with Gasteiger partial charge in [0, 0.05) is 0 Å². The maximum atomic E-state index is 12.5. The molecule has 0 aliphatic heterocycles. The van der Waals surface area contributed by atoms with E-state index in [2.05, 4.69) is 4.74 Å². The minimum absolute atomic E-state index is 0.495. The molecule has 1 nitrogen and oxygen atoms in total. The molecule has 0 aromatic carbocycles. The first-order valence-electron chi connectivity index (χ1n) is 3.28. The zero-order chi connectivity index (χ0) is 12.3. The zero-order valence-corrected chi connectivity index (χ0v) is 7.99. The van der Waals surface area contributed by atoms with Crippen LogP contribution in [0.25, 0.3) is 0 Å². The molecule has 0 bridgehead atoms. The lowest BCUT2D eigenvalue weighted by molar-refractivity contribution is -0.181. The van der Waals surface area contributed by atoms with Crippen molar-refractivity contribution in [3.8, 4) is 0 Å². The molecule has 0 rings (SSSR count). The normalized spacial score (nSPS) is 12.5. The van der Waals surface area contributed by atoms with Gasteiger partial charge in [-0.15, -0.1) is 0 Å². The molecule has 0 unspecified atom stereocenters. The van der Waals surface area contributed by atoms with E-state index in [-0.39, 0.29) is 0 Å². The van der Waals surface area contributed by atoms with Crippen molar-refractivity contribution in [3.63, 3.8) is 0 Å². The standard InChI is InChI=1S/C6H5F7OS/c1-15-6(12,13)5(10,11)2-14-4(9)3(7)8/h2H2,1H3. The average Bonchev–Trinajstić information content (AvgIpc) is 2.13. The Morgan fingerprint density at radius 3 is 1.93 bits per heavy atom. The number of hydrogen-bond donors (Lipinski definition) is 0. The Labute approximate surface area is 84.3 Å². The third-order valence-electron chi connectivity index (χ3n) is 1.21. The molecular formula is C6H5F7OS. The topological polar surface area (TPSA) is 9.23 Å². The van der Waals surface area contributed by atoms with Gasteiger partial charge in [-0.05, 0) is 6.26 Å². The maximum Gasteiger partial charge on any atom is 0.359 e. The summed E-state index contributed by atoms with van der Waals surface area (Å²) >= 11 is -0.495. The van der Waals surface area contributed by atoms with E-state index in [1.807, 2.05) is 0 Å². The third-order valence-corrected chi connectivity index (χ3v) is 2.02. The quantitative estimate of drug-likeness (QED) is 0.550. The van der Waals surface area contributed by atoms with Gasteiger partial charge in [0.25, 0.3) is 0 Å². The van der Waals surface area contributed by atoms with E-state index >= 15 is 0 Å². The van der Waals surface area contributed by atoms with Gasteiger partial charge in [0.05, 0.1) is 0 Å². The highest BCUT2D eigenvalue weighted by molar-refractivity contribution is 7.99. The number of alkyl halides is 4. The minimum atomic E-state index is -4.74. The van der Waals surface area contributed by atoms with Crippen molar-refractivity contribution >= 4 is 11.8 Å². The molecule has 9 heteroatoms. The SMILES string of the molecule is CSC(F)(F)C(F)(F)COC(F)=C(F)F. The van der Waals surface area contributed by atoms with Crippen LogP contribution in [-0.2, 0) is 4.74 Å². The maximum absolute atomic E-state index is 12.5. The highest BCUT2D eigenvalue weighted by atomic mass is 32.2. The van der Waals surface area contributed by atoms with Crippen molar-refractivity contribution in [1.82, 2.24) is 0 Å². The van der Waals surface area contributed by atoms with Crippen LogP contribution in [0.2, 0.25) is 0 Å². The summed E-state index contributed by atoms with van der Waals surface area (Å²) in [7, 11) is 0. The molecule has 0 fully saturated rings. The van der Waals surface area contributed by atoms with Gasteiger partial charge in [-0.3, -0.25) is 0 Å². The summed E-state index contributed by atoms with van der Waals surface area (Å²) in [5, 5.41) is -4.51. The predicted octanol–water partition coefficient (Wildman–Crippen LogP) is 3.63. The van der Waals surface area contributed by atoms with Crippen molar-refractivity contribution in [3.05, 3.63) is 12.1 Å². The molecule has 15 heavy (non-hydrogen) atoms. The van der Waals surface area contributed by atoms with E-state index in [0.717, 1.165) is 0 Å². The monoisotopic (exact) mass is 258 g/mol. The lowest BCUT2D eigenvalue weighted by Crippen LogP contribution is -2.41. The van der Waals surface area contributed by atoms with Gasteiger partial charge in [0.1, 0.15) is 0 Å². The number of thioether (sulfide) groups is 1. The summed E-state index contributed by atoms with van der Waals surface area (Å²) in [6, 6.07) is -2.59. The Kier molecular flexibility index (Phi) is 4.75. The van der Waals surface area contributed by atoms with Gasteiger partial charge >= 0.3 is 23.3 Å². The molecule has 0 atom stereocenters. The second kappa shape index (κ2) is 4.95. The first-order valence-corrected chi connectivity index (χ1v) is 4.51. The van der Waals surface area contributed by atoms with Gasteiger partial charge in [0.15, 0.2) is 6.61 Å². The van der Waals surface area contributed by atoms with E-state index in [4.69, 9.17) is 0 Å². The summed E-state index contributed by atoms with van der Waals surface area (Å²) in [5.41, 5.74) is 0. The largest absolute Gasteiger partial charge is 0.460 e. The molecule has 0 aromatic heterocycles. The van der Waals surface area contributed by atoms with Crippen LogP contribution in [0, 0.1) is 0 Å². The second-order valence-electron chi connectivity index (χ2n) is 2.25. The van der Waals surface area contributed by atoms with Crippen molar-refractivity contribution < 1.29 is 35.5 Å². The highest BCUT2D eigenvalue weighted by Crippen LogP contribution is 2.42. The van der Waals surface area contributed by atoms with Crippen LogP contribution in [0.15, 0.2) is 12.1 Å². The van der Waals surface area contributed by atoms with Gasteiger partial charge < -0.3 is 4.74 Å². The molecule has 0 saturated heterocycles. The molecule has 90 valence electrons. The fourth-order valence-electron chi connectivity index (χ4n) is 0.442. The Balaban J connectivity index is 4.47. The van der Waals surface area contributed by atoms with Crippen LogP contribution >= 0.6 is 11.8 Å². The van der Waals surface area contributed by atoms with Crippen LogP contribution in [0.5, 0.6) is 0 Å². The Bertz CT molecular complexity index is 248. The van der Waals surface area contributed by atoms with Crippen molar-refractivity contribution in [2.45, 2.75) is 11.2 Å². The van der Waals surface area contributed by atoms with Crippen molar-refractivity contribution in [2.75, 3.05) is 12.9 Å². The van der Waals surface area contributed by atoms with E-state index in [1.54, 1.807) is 0 Å². The van der Waals surface area contributed by atoms with Crippen LogP contribution in [0.1, 0.15) is 0 Å². The Hall–Kier alpha value is -0.600. The van der Waals surface area contributed by atoms with Gasteiger partial charge in [-0.25, -0.2) is 0 Å². The van der Waals surface area contributed by atoms with Gasteiger partial charge in [-0.2, -0.15) is 30.7 Å². The predicted molar refractivity (Wildman–Crippen MR) is 39.7 cm³/mol. The minimum Gasteiger partial charge on any atom is -0.460 e. The fourth-order valence-corrected chi connectivity index (χ4v) is 0.799. The first kappa shape index (κ1) is 14.4. The lowest BCUT2D eigenvalue weighted by Gasteiger charge is -2.23. The van der Waals surface area contributed by atoms with E-state index < -0.39 is 41.6 Å². The summed E-state index contributed by atoms with van der Waals surface area (Å²) in [4.78, 5) is 0. The van der Waals surface area contributed by atoms with Crippen molar-refractivity contribution in [2.24, 2.45) is 0 Å². The van der Waals surface area contributed by atoms with Crippen LogP contribution in [0.3, 0.4) is 0 Å². The third kappa shape index (κ3) is 3.80. The highest BCUT2D eigenvalue weighted by Gasteiger charge is 2.56. The molecule has 0 aliphatic carbocycles. The number of hydrogen-bond acceptors (Lipinski definition) is 2. The molecule has 0 amide bonds. The molecule has 0 aromatic rings. The molecule has 0 heterocycles. The van der Waals surface area contributed by atoms with Crippen LogP contribution in [0.4, 0.5) is 30.7 Å². The Morgan fingerprint density at radius 1 is 1.13 bits per heavy atom. The van der Waals surface area contributed by atoms with E-state index in [1.165, 1.54) is 0 Å². The van der Waals surface area contributed by atoms with E-state index in [0.29, 0.717) is 6.26 Å². The number of halogens is 7. The average molecular weight is 258 g/mol. The van der Waals surface area contributed by atoms with Gasteiger partial charge in [0.2, 0.25) is 0 Å². The smallest absolute Gasteiger partial charge is 0.359 e. The summed E-state index contributed by atoms with van der Waals surface area (Å²) in [5.74, 6) is -4.74. The van der Waals surface area contributed by atoms with Crippen molar-refractivity contribution in [1.29, 1.82) is 0 Å². The zero-order valence-electron chi connectivity index (χ0n) is 7.17. The van der Waals surface area contributed by atoms with Crippen LogP contribution < -0.4 is 0 Å². The summed E-state index contributed by atoms with van der Waals surface area (Å²) < 4.78 is 87.5. The number of rotatable bonds is 5. The lowest BCUT2D eigenvalue weighted by atomic mass is 10.4. The fraction of sp³-hybridized carbons (Fsp3) is 0.667. The molecule has 0 radical (unpaired) electrons. The Morgan fingerprint density at radius 2 is 1.60 bits per heavy atom. The first-order chi connectivity index (χ1) is 6.64. The molecule has 0 spiro atoms. The number of ether oxygens (including phenoxy) is 1. The molecular weight excluding hydrogens is 253 g/mol. The van der Waals surface area contributed by atoms with Gasteiger partial charge in [-0.1, -0.05) is 11.8 Å². The molecule has 0 aliphatic rings. The summed E-state index contributed by atoms with van der Waals surface area (Å²) in [6.45, 7) is -2.16. The summed E-state index contributed by atoms with van der Waals surface area (Å²) in [6.07, 6.45) is -2.30. The van der Waals surface area contributed by atoms with E-state index in [9.17, 15) is 30.7 Å². The molecule has 0 saturated carbocycles. The molecule has 0 N–H and O–H groups in total. The van der Waals surface area contributed by atoms with Crippen LogP contribution in [-0.4, -0.2) is 24.0 Å².